The summed E-state index contributed by atoms with van der Waals surface area (Å²) in [5.74, 6) is 0.312. The van der Waals surface area contributed by atoms with Crippen molar-refractivity contribution in [3.8, 4) is 5.75 Å². The highest BCUT2D eigenvalue weighted by atomic mass is 32.2. The van der Waals surface area contributed by atoms with Crippen molar-refractivity contribution >= 4 is 66.5 Å². The molecule has 0 aliphatic rings. The van der Waals surface area contributed by atoms with Crippen molar-refractivity contribution < 1.29 is 13.9 Å². The molecule has 148 valence electrons. The van der Waals surface area contributed by atoms with E-state index < -0.39 is 0 Å². The van der Waals surface area contributed by atoms with Crippen molar-refractivity contribution in [1.29, 1.82) is 0 Å². The third kappa shape index (κ3) is 4.81. The van der Waals surface area contributed by atoms with Crippen LogP contribution in [0.1, 0.15) is 0 Å². The molecule has 2 heterocycles. The third-order valence-corrected chi connectivity index (χ3v) is 6.58. The molecule has 0 saturated heterocycles. The Hall–Kier alpha value is -2.76. The molecule has 0 saturated carbocycles. The number of aromatic nitrogens is 3. The number of carbonyl (C=O) groups excluding carboxylic acids is 1. The molecule has 2 N–H and O–H groups in total. The van der Waals surface area contributed by atoms with E-state index in [1.54, 1.807) is 13.2 Å². The summed E-state index contributed by atoms with van der Waals surface area (Å²) in [6, 6.07) is 11.8. The Kier molecular flexibility index (Phi) is 5.88. The number of rotatable bonds is 7. The summed E-state index contributed by atoms with van der Waals surface area (Å²) >= 11 is 3.85. The molecular formula is C18H14FN5O2S3. The van der Waals surface area contributed by atoms with E-state index in [0.717, 1.165) is 5.69 Å². The summed E-state index contributed by atoms with van der Waals surface area (Å²) in [4.78, 5) is 16.5. The van der Waals surface area contributed by atoms with Gasteiger partial charge in [0.2, 0.25) is 11.0 Å². The molecule has 29 heavy (non-hydrogen) atoms. The third-order valence-electron chi connectivity index (χ3n) is 3.68. The van der Waals surface area contributed by atoms with Crippen molar-refractivity contribution in [2.24, 2.45) is 0 Å². The van der Waals surface area contributed by atoms with Gasteiger partial charge >= 0.3 is 0 Å². The van der Waals surface area contributed by atoms with Crippen LogP contribution in [0.5, 0.6) is 5.75 Å². The van der Waals surface area contributed by atoms with Crippen molar-refractivity contribution in [3.05, 3.63) is 48.3 Å². The number of amides is 1. The SMILES string of the molecule is COc1ccccc1Nc1nnc(SCC(=O)Nc2nc3ccc(F)cc3s2)s1. The molecule has 0 aliphatic carbocycles. The van der Waals surface area contributed by atoms with Gasteiger partial charge in [0.1, 0.15) is 11.6 Å². The van der Waals surface area contributed by atoms with Gasteiger partial charge in [-0.3, -0.25) is 4.79 Å². The number of benzene rings is 2. The molecular weight excluding hydrogens is 433 g/mol. The fraction of sp³-hybridized carbons (Fsp3) is 0.111. The first-order valence-electron chi connectivity index (χ1n) is 8.33. The predicted molar refractivity (Wildman–Crippen MR) is 115 cm³/mol. The first-order valence-corrected chi connectivity index (χ1v) is 10.9. The van der Waals surface area contributed by atoms with Gasteiger partial charge in [0.25, 0.3) is 0 Å². The first-order chi connectivity index (χ1) is 14.1. The fourth-order valence-corrected chi connectivity index (χ4v) is 4.89. The van der Waals surface area contributed by atoms with Gasteiger partial charge in [0.15, 0.2) is 9.47 Å². The monoisotopic (exact) mass is 447 g/mol. The highest BCUT2D eigenvalue weighted by Gasteiger charge is 2.12. The molecule has 0 fully saturated rings. The number of thiazole rings is 1. The molecule has 1 amide bonds. The van der Waals surface area contributed by atoms with Gasteiger partial charge in [-0.05, 0) is 30.3 Å². The fourth-order valence-electron chi connectivity index (χ4n) is 2.42. The zero-order valence-corrected chi connectivity index (χ0v) is 17.5. The highest BCUT2D eigenvalue weighted by molar-refractivity contribution is 8.01. The number of ether oxygens (including phenoxy) is 1. The number of nitrogens with one attached hydrogen (secondary N) is 2. The number of anilines is 3. The minimum atomic E-state index is -0.330. The van der Waals surface area contributed by atoms with E-state index in [4.69, 9.17) is 4.74 Å². The Morgan fingerprint density at radius 3 is 2.90 bits per heavy atom. The molecule has 0 atom stereocenters. The molecule has 0 aliphatic heterocycles. The summed E-state index contributed by atoms with van der Waals surface area (Å²) in [5, 5.41) is 15.1. The summed E-state index contributed by atoms with van der Waals surface area (Å²) in [5.41, 5.74) is 1.43. The number of hydrogen-bond acceptors (Lipinski definition) is 9. The summed E-state index contributed by atoms with van der Waals surface area (Å²) in [6.07, 6.45) is 0. The van der Waals surface area contributed by atoms with Crippen LogP contribution in [-0.4, -0.2) is 34.0 Å². The Bertz CT molecular complexity index is 1160. The Balaban J connectivity index is 1.33. The molecule has 0 unspecified atom stereocenters. The van der Waals surface area contributed by atoms with E-state index >= 15 is 0 Å². The predicted octanol–water partition coefficient (Wildman–Crippen LogP) is 4.77. The number of methoxy groups -OCH3 is 1. The largest absolute Gasteiger partial charge is 0.495 e. The van der Waals surface area contributed by atoms with Gasteiger partial charge in [-0.15, -0.1) is 10.2 Å². The first kappa shape index (κ1) is 19.6. The molecule has 7 nitrogen and oxygen atoms in total. The summed E-state index contributed by atoms with van der Waals surface area (Å²) in [6.45, 7) is 0. The lowest BCUT2D eigenvalue weighted by Crippen LogP contribution is -2.13. The van der Waals surface area contributed by atoms with Crippen molar-refractivity contribution in [3.63, 3.8) is 0 Å². The zero-order chi connectivity index (χ0) is 20.2. The van der Waals surface area contributed by atoms with Crippen molar-refractivity contribution in [2.75, 3.05) is 23.5 Å². The van der Waals surface area contributed by atoms with E-state index in [0.29, 0.717) is 30.6 Å². The van der Waals surface area contributed by atoms with Crippen LogP contribution in [-0.2, 0) is 4.79 Å². The molecule has 0 radical (unpaired) electrons. The van der Waals surface area contributed by atoms with Crippen LogP contribution in [0.25, 0.3) is 10.2 Å². The van der Waals surface area contributed by atoms with Crippen LogP contribution in [0, 0.1) is 5.82 Å². The number of halogens is 1. The molecule has 4 aromatic rings. The number of nitrogens with zero attached hydrogens (tertiary/aromatic N) is 3. The average molecular weight is 448 g/mol. The lowest BCUT2D eigenvalue weighted by atomic mass is 10.3. The van der Waals surface area contributed by atoms with Crippen LogP contribution in [0.3, 0.4) is 0 Å². The second-order valence-corrected chi connectivity index (χ2v) is 8.90. The summed E-state index contributed by atoms with van der Waals surface area (Å²) in [7, 11) is 1.60. The minimum Gasteiger partial charge on any atom is -0.495 e. The molecule has 2 aromatic carbocycles. The average Bonchev–Trinajstić information content (AvgIpc) is 3.32. The second kappa shape index (κ2) is 8.72. The maximum Gasteiger partial charge on any atom is 0.236 e. The van der Waals surface area contributed by atoms with Gasteiger partial charge in [-0.25, -0.2) is 9.37 Å². The van der Waals surface area contributed by atoms with Crippen LogP contribution >= 0.6 is 34.4 Å². The van der Waals surface area contributed by atoms with E-state index in [9.17, 15) is 9.18 Å². The second-order valence-electron chi connectivity index (χ2n) is 5.67. The number of fused-ring (bicyclic) bond motifs is 1. The Morgan fingerprint density at radius 2 is 2.03 bits per heavy atom. The van der Waals surface area contributed by atoms with Gasteiger partial charge in [-0.1, -0.05) is 46.6 Å². The lowest BCUT2D eigenvalue weighted by molar-refractivity contribution is -0.113. The van der Waals surface area contributed by atoms with E-state index in [1.165, 1.54) is 46.6 Å². The van der Waals surface area contributed by atoms with Crippen LogP contribution in [0.15, 0.2) is 46.8 Å². The number of carbonyl (C=O) groups is 1. The van der Waals surface area contributed by atoms with Gasteiger partial charge in [-0.2, -0.15) is 0 Å². The smallest absolute Gasteiger partial charge is 0.236 e. The van der Waals surface area contributed by atoms with E-state index in [2.05, 4.69) is 25.8 Å². The minimum absolute atomic E-state index is 0.160. The number of para-hydroxylation sites is 2. The van der Waals surface area contributed by atoms with E-state index in [1.807, 2.05) is 24.3 Å². The van der Waals surface area contributed by atoms with Gasteiger partial charge in [0, 0.05) is 0 Å². The van der Waals surface area contributed by atoms with Crippen LogP contribution in [0.4, 0.5) is 20.3 Å². The molecule has 0 bridgehead atoms. The molecule has 2 aromatic heterocycles. The topological polar surface area (TPSA) is 89.0 Å². The Morgan fingerprint density at radius 1 is 1.17 bits per heavy atom. The van der Waals surface area contributed by atoms with Gasteiger partial charge < -0.3 is 15.4 Å². The molecule has 0 spiro atoms. The quantitative estimate of drug-likeness (QED) is 0.395. The standard InChI is InChI=1S/C18H14FN5O2S3/c1-26-13-5-3-2-4-11(13)20-17-23-24-18(29-17)27-9-15(25)22-16-21-12-7-6-10(19)8-14(12)28-16/h2-8H,9H2,1H3,(H,20,23)(H,21,22,25). The lowest BCUT2D eigenvalue weighted by Gasteiger charge is -2.07. The van der Waals surface area contributed by atoms with Crippen LogP contribution < -0.4 is 15.4 Å². The van der Waals surface area contributed by atoms with Gasteiger partial charge in [0.05, 0.1) is 28.8 Å². The zero-order valence-electron chi connectivity index (χ0n) is 15.0. The maximum absolute atomic E-state index is 13.3. The highest BCUT2D eigenvalue weighted by Crippen LogP contribution is 2.32. The summed E-state index contributed by atoms with van der Waals surface area (Å²) < 4.78 is 19.9. The van der Waals surface area contributed by atoms with E-state index in [-0.39, 0.29) is 17.5 Å². The molecule has 4 rings (SSSR count). The van der Waals surface area contributed by atoms with Crippen molar-refractivity contribution in [1.82, 2.24) is 15.2 Å². The van der Waals surface area contributed by atoms with Crippen molar-refractivity contribution in [2.45, 2.75) is 4.34 Å². The Labute approximate surface area is 177 Å². The molecule has 11 heteroatoms. The maximum atomic E-state index is 13.3. The normalized spacial score (nSPS) is 10.8. The van der Waals surface area contributed by atoms with Crippen LogP contribution in [0.2, 0.25) is 0 Å². The number of thioether (sulfide) groups is 1. The number of hydrogen-bond donors (Lipinski definition) is 2.